The van der Waals surface area contributed by atoms with Crippen molar-refractivity contribution in [3.05, 3.63) is 34.1 Å². The lowest BCUT2D eigenvalue weighted by Gasteiger charge is -2.12. The van der Waals surface area contributed by atoms with Crippen LogP contribution in [0.5, 0.6) is 0 Å². The monoisotopic (exact) mass is 543 g/mol. The van der Waals surface area contributed by atoms with Crippen LogP contribution in [-0.2, 0) is 16.0 Å². The van der Waals surface area contributed by atoms with Gasteiger partial charge < -0.3 is 20.1 Å². The van der Waals surface area contributed by atoms with Gasteiger partial charge in [0.15, 0.2) is 5.96 Å². The maximum atomic E-state index is 13.5. The predicted octanol–water partition coefficient (Wildman–Crippen LogP) is 3.85. The highest BCUT2D eigenvalue weighted by molar-refractivity contribution is 14.0. The van der Waals surface area contributed by atoms with Crippen molar-refractivity contribution < 1.29 is 13.9 Å². The van der Waals surface area contributed by atoms with Gasteiger partial charge in [-0.3, -0.25) is 0 Å². The van der Waals surface area contributed by atoms with Crippen LogP contribution in [0.15, 0.2) is 27.7 Å². The van der Waals surface area contributed by atoms with Gasteiger partial charge in [-0.1, -0.05) is 6.07 Å². The molecule has 1 aliphatic rings. The third-order valence-electron chi connectivity index (χ3n) is 3.83. The summed E-state index contributed by atoms with van der Waals surface area (Å²) in [7, 11) is 0. The van der Waals surface area contributed by atoms with Crippen molar-refractivity contribution in [1.82, 2.24) is 10.6 Å². The SMILES string of the molecule is CCNC(=NCc1ccc(Br)c(F)c1)NCCCOCC1CCCO1.I. The summed E-state index contributed by atoms with van der Waals surface area (Å²) in [5.41, 5.74) is 0.831. The molecule has 1 aliphatic heterocycles. The average molecular weight is 544 g/mol. The number of hydrogen-bond acceptors (Lipinski definition) is 3. The van der Waals surface area contributed by atoms with Gasteiger partial charge in [0.25, 0.3) is 0 Å². The lowest BCUT2D eigenvalue weighted by molar-refractivity contribution is 0.0168. The highest BCUT2D eigenvalue weighted by Gasteiger charge is 2.14. The summed E-state index contributed by atoms with van der Waals surface area (Å²) < 4.78 is 25.2. The molecule has 26 heavy (non-hydrogen) atoms. The lowest BCUT2D eigenvalue weighted by atomic mass is 10.2. The molecule has 1 aromatic carbocycles. The normalized spacial score (nSPS) is 17.0. The number of halogens is 3. The van der Waals surface area contributed by atoms with Gasteiger partial charge in [-0.05, 0) is 59.8 Å². The first-order valence-corrected chi connectivity index (χ1v) is 9.63. The Morgan fingerprint density at radius 1 is 1.42 bits per heavy atom. The molecule has 8 heteroatoms. The van der Waals surface area contributed by atoms with Crippen LogP contribution in [0, 0.1) is 5.82 Å². The number of nitrogens with zero attached hydrogens (tertiary/aromatic N) is 1. The molecule has 0 amide bonds. The Kier molecular flexibility index (Phi) is 12.4. The Bertz CT molecular complexity index is 557. The summed E-state index contributed by atoms with van der Waals surface area (Å²) >= 11 is 3.16. The molecule has 148 valence electrons. The predicted molar refractivity (Wildman–Crippen MR) is 117 cm³/mol. The average Bonchev–Trinajstić information content (AvgIpc) is 3.12. The van der Waals surface area contributed by atoms with Gasteiger partial charge in [-0.15, -0.1) is 24.0 Å². The van der Waals surface area contributed by atoms with Gasteiger partial charge in [0.1, 0.15) is 5.82 Å². The Morgan fingerprint density at radius 2 is 2.27 bits per heavy atom. The van der Waals surface area contributed by atoms with E-state index in [1.807, 2.05) is 13.0 Å². The van der Waals surface area contributed by atoms with E-state index in [-0.39, 0.29) is 35.9 Å². The smallest absolute Gasteiger partial charge is 0.191 e. The molecule has 2 rings (SSSR count). The van der Waals surface area contributed by atoms with Crippen LogP contribution in [-0.4, -0.2) is 45.0 Å². The summed E-state index contributed by atoms with van der Waals surface area (Å²) in [6.07, 6.45) is 3.41. The Labute approximate surface area is 180 Å². The number of guanidine groups is 1. The van der Waals surface area contributed by atoms with Gasteiger partial charge in [0.05, 0.1) is 23.7 Å². The first-order valence-electron chi connectivity index (χ1n) is 8.84. The van der Waals surface area contributed by atoms with Crippen molar-refractivity contribution >= 4 is 45.9 Å². The minimum Gasteiger partial charge on any atom is -0.379 e. The van der Waals surface area contributed by atoms with Crippen LogP contribution in [0.25, 0.3) is 0 Å². The van der Waals surface area contributed by atoms with Gasteiger partial charge in [0.2, 0.25) is 0 Å². The van der Waals surface area contributed by atoms with Crippen molar-refractivity contribution in [2.45, 2.75) is 38.8 Å². The summed E-state index contributed by atoms with van der Waals surface area (Å²) in [4.78, 5) is 4.49. The topological polar surface area (TPSA) is 54.9 Å². The molecule has 5 nitrogen and oxygen atoms in total. The third kappa shape index (κ3) is 8.96. The van der Waals surface area contributed by atoms with E-state index in [4.69, 9.17) is 9.47 Å². The van der Waals surface area contributed by atoms with Crippen LogP contribution in [0.1, 0.15) is 31.7 Å². The second kappa shape index (κ2) is 13.7. The van der Waals surface area contributed by atoms with Crippen molar-refractivity contribution in [3.63, 3.8) is 0 Å². The van der Waals surface area contributed by atoms with Crippen LogP contribution < -0.4 is 10.6 Å². The fourth-order valence-corrected chi connectivity index (χ4v) is 2.77. The highest BCUT2D eigenvalue weighted by Crippen LogP contribution is 2.16. The Balaban J connectivity index is 0.00000338. The second-order valence-electron chi connectivity index (χ2n) is 5.93. The maximum absolute atomic E-state index is 13.5. The van der Waals surface area contributed by atoms with Gasteiger partial charge >= 0.3 is 0 Å². The molecule has 1 fully saturated rings. The zero-order chi connectivity index (χ0) is 17.9. The van der Waals surface area contributed by atoms with E-state index in [1.54, 1.807) is 6.07 Å². The lowest BCUT2D eigenvalue weighted by Crippen LogP contribution is -2.38. The molecule has 1 heterocycles. The number of benzene rings is 1. The zero-order valence-electron chi connectivity index (χ0n) is 15.1. The Hall–Kier alpha value is -0.450. The number of aliphatic imine (C=N–C) groups is 1. The van der Waals surface area contributed by atoms with Crippen LogP contribution in [0.3, 0.4) is 0 Å². The van der Waals surface area contributed by atoms with Crippen molar-refractivity contribution in [2.75, 3.05) is 32.9 Å². The molecule has 0 spiro atoms. The summed E-state index contributed by atoms with van der Waals surface area (Å²) in [6.45, 7) is 6.23. The van der Waals surface area contributed by atoms with Crippen molar-refractivity contribution in [1.29, 1.82) is 0 Å². The molecule has 1 atom stereocenters. The van der Waals surface area contributed by atoms with Crippen LogP contribution >= 0.6 is 39.9 Å². The molecule has 0 radical (unpaired) electrons. The summed E-state index contributed by atoms with van der Waals surface area (Å²) in [6, 6.07) is 5.06. The minimum absolute atomic E-state index is 0. The van der Waals surface area contributed by atoms with Gasteiger partial charge in [-0.2, -0.15) is 0 Å². The molecule has 0 aliphatic carbocycles. The number of rotatable bonds is 9. The molecule has 1 aromatic rings. The molecular formula is C18H28BrFIN3O2. The van der Waals surface area contributed by atoms with Crippen LogP contribution in [0.2, 0.25) is 0 Å². The fraction of sp³-hybridized carbons (Fsp3) is 0.611. The first kappa shape index (κ1) is 23.6. The second-order valence-corrected chi connectivity index (χ2v) is 6.79. The molecule has 0 saturated carbocycles. The molecule has 0 bridgehead atoms. The quantitative estimate of drug-likeness (QED) is 0.215. The van der Waals surface area contributed by atoms with E-state index in [0.717, 1.165) is 50.5 Å². The van der Waals surface area contributed by atoms with E-state index in [0.29, 0.717) is 24.2 Å². The summed E-state index contributed by atoms with van der Waals surface area (Å²) in [5.74, 6) is 0.457. The molecule has 0 aromatic heterocycles. The number of hydrogen-bond donors (Lipinski definition) is 2. The van der Waals surface area contributed by atoms with E-state index < -0.39 is 0 Å². The molecule has 1 saturated heterocycles. The Morgan fingerprint density at radius 3 is 2.96 bits per heavy atom. The highest BCUT2D eigenvalue weighted by atomic mass is 127. The minimum atomic E-state index is -0.269. The number of ether oxygens (including phenoxy) is 2. The fourth-order valence-electron chi connectivity index (χ4n) is 2.52. The van der Waals surface area contributed by atoms with E-state index in [9.17, 15) is 4.39 Å². The van der Waals surface area contributed by atoms with Crippen molar-refractivity contribution in [3.8, 4) is 0 Å². The molecule has 2 N–H and O–H groups in total. The largest absolute Gasteiger partial charge is 0.379 e. The van der Waals surface area contributed by atoms with Crippen molar-refractivity contribution in [2.24, 2.45) is 4.99 Å². The van der Waals surface area contributed by atoms with E-state index >= 15 is 0 Å². The zero-order valence-corrected chi connectivity index (χ0v) is 19.0. The molecular weight excluding hydrogens is 516 g/mol. The van der Waals surface area contributed by atoms with E-state index in [2.05, 4.69) is 31.6 Å². The van der Waals surface area contributed by atoms with Gasteiger partial charge in [-0.25, -0.2) is 9.38 Å². The van der Waals surface area contributed by atoms with Crippen LogP contribution in [0.4, 0.5) is 4.39 Å². The maximum Gasteiger partial charge on any atom is 0.191 e. The standard InChI is InChI=1S/C18H27BrFN3O2.HI/c1-2-21-18(23-12-14-6-7-16(19)17(20)11-14)22-8-4-9-24-13-15-5-3-10-25-15;/h6-7,11,15H,2-5,8-10,12-13H2,1H3,(H2,21,22,23);1H. The summed E-state index contributed by atoms with van der Waals surface area (Å²) in [5, 5.41) is 6.46. The van der Waals surface area contributed by atoms with Gasteiger partial charge in [0, 0.05) is 26.3 Å². The molecule has 1 unspecified atom stereocenters. The third-order valence-corrected chi connectivity index (χ3v) is 4.48. The first-order chi connectivity index (χ1) is 12.2. The van der Waals surface area contributed by atoms with E-state index in [1.165, 1.54) is 6.07 Å². The number of nitrogens with one attached hydrogen (secondary N) is 2.